The average molecular weight is 283 g/mol. The van der Waals surface area contributed by atoms with Gasteiger partial charge in [0.15, 0.2) is 0 Å². The van der Waals surface area contributed by atoms with Gasteiger partial charge < -0.3 is 9.84 Å². The van der Waals surface area contributed by atoms with Crippen molar-refractivity contribution in [2.75, 3.05) is 39.4 Å². The predicted molar refractivity (Wildman–Crippen MR) is 74.2 cm³/mol. The second-order valence-corrected chi connectivity index (χ2v) is 6.24. The quantitative estimate of drug-likeness (QED) is 0.871. The second-order valence-electron chi connectivity index (χ2n) is 5.26. The maximum atomic E-state index is 9.92. The molecule has 3 rings (SSSR count). The highest BCUT2D eigenvalue weighted by molar-refractivity contribution is 7.09. The smallest absolute Gasteiger partial charge is 0.107 e. The van der Waals surface area contributed by atoms with Gasteiger partial charge in [0.1, 0.15) is 5.01 Å². The molecule has 0 aromatic carbocycles. The lowest BCUT2D eigenvalue weighted by Gasteiger charge is -2.28. The molecule has 1 N–H and O–H groups in total. The van der Waals surface area contributed by atoms with Crippen molar-refractivity contribution in [3.63, 3.8) is 0 Å². The van der Waals surface area contributed by atoms with Crippen molar-refractivity contribution in [1.82, 2.24) is 14.8 Å². The Hall–Kier alpha value is -0.530. The van der Waals surface area contributed by atoms with E-state index in [0.29, 0.717) is 13.2 Å². The van der Waals surface area contributed by atoms with Crippen LogP contribution in [-0.4, -0.2) is 71.4 Å². The van der Waals surface area contributed by atoms with Crippen LogP contribution in [0.2, 0.25) is 0 Å². The molecule has 106 valence electrons. The van der Waals surface area contributed by atoms with Crippen LogP contribution in [0.25, 0.3) is 0 Å². The van der Waals surface area contributed by atoms with Crippen LogP contribution in [0.4, 0.5) is 0 Å². The predicted octanol–water partition coefficient (Wildman–Crippen LogP) is 0.411. The highest BCUT2D eigenvalue weighted by atomic mass is 32.1. The Balaban J connectivity index is 1.53. The Morgan fingerprint density at radius 3 is 3.00 bits per heavy atom. The lowest BCUT2D eigenvalue weighted by Crippen LogP contribution is -2.44. The minimum atomic E-state index is -0.314. The molecule has 2 fully saturated rings. The van der Waals surface area contributed by atoms with E-state index < -0.39 is 0 Å². The molecule has 0 bridgehead atoms. The van der Waals surface area contributed by atoms with Crippen molar-refractivity contribution in [1.29, 1.82) is 0 Å². The largest absolute Gasteiger partial charge is 0.389 e. The van der Waals surface area contributed by atoms with Gasteiger partial charge in [0.2, 0.25) is 0 Å². The first-order valence-corrected chi connectivity index (χ1v) is 7.81. The number of thiazole rings is 1. The third-order valence-electron chi connectivity index (χ3n) is 3.96. The molecular weight excluding hydrogens is 262 g/mol. The van der Waals surface area contributed by atoms with Crippen LogP contribution in [0, 0.1) is 0 Å². The molecule has 1 aromatic heterocycles. The van der Waals surface area contributed by atoms with Gasteiger partial charge >= 0.3 is 0 Å². The number of aromatic nitrogens is 1. The van der Waals surface area contributed by atoms with Gasteiger partial charge in [0.25, 0.3) is 0 Å². The molecule has 2 atom stereocenters. The fraction of sp³-hybridized carbons (Fsp3) is 0.769. The Morgan fingerprint density at radius 1 is 1.32 bits per heavy atom. The molecule has 0 radical (unpaired) electrons. The maximum absolute atomic E-state index is 9.92. The number of ether oxygens (including phenoxy) is 1. The molecule has 1 aromatic rings. The maximum Gasteiger partial charge on any atom is 0.107 e. The van der Waals surface area contributed by atoms with Gasteiger partial charge in [-0.15, -0.1) is 11.3 Å². The topological polar surface area (TPSA) is 48.8 Å². The summed E-state index contributed by atoms with van der Waals surface area (Å²) in [5.41, 5.74) is 0. The van der Waals surface area contributed by atoms with E-state index in [1.165, 1.54) is 5.01 Å². The molecule has 2 aliphatic heterocycles. The molecule has 2 saturated heterocycles. The Labute approximate surface area is 117 Å². The first-order chi connectivity index (χ1) is 9.33. The van der Waals surface area contributed by atoms with Gasteiger partial charge in [0.05, 0.1) is 31.9 Å². The zero-order chi connectivity index (χ0) is 13.1. The molecule has 0 spiro atoms. The van der Waals surface area contributed by atoms with Crippen LogP contribution in [0.1, 0.15) is 11.4 Å². The molecule has 19 heavy (non-hydrogen) atoms. The van der Waals surface area contributed by atoms with Gasteiger partial charge in [-0.2, -0.15) is 0 Å². The standard InChI is InChI=1S/C13H21N3O2S/c17-12-10-18-9-11(12)16-4-1-3-15(5-6-16)8-13-14-2-7-19-13/h2,7,11-12,17H,1,3-6,8-10H2/t11-,12-/m0/s1. The summed E-state index contributed by atoms with van der Waals surface area (Å²) < 4.78 is 5.36. The minimum Gasteiger partial charge on any atom is -0.389 e. The molecule has 0 saturated carbocycles. The van der Waals surface area contributed by atoms with Crippen molar-refractivity contribution < 1.29 is 9.84 Å². The zero-order valence-corrected chi connectivity index (χ0v) is 11.9. The summed E-state index contributed by atoms with van der Waals surface area (Å²) in [4.78, 5) is 9.20. The van der Waals surface area contributed by atoms with Crippen LogP contribution in [0.15, 0.2) is 11.6 Å². The molecule has 2 aliphatic rings. The lowest BCUT2D eigenvalue weighted by molar-refractivity contribution is 0.0837. The van der Waals surface area contributed by atoms with Crippen LogP contribution < -0.4 is 0 Å². The van der Waals surface area contributed by atoms with E-state index in [9.17, 15) is 5.11 Å². The number of hydrogen-bond donors (Lipinski definition) is 1. The SMILES string of the molecule is O[C@H]1COC[C@@H]1N1CCCN(Cc2nccs2)CC1. The summed E-state index contributed by atoms with van der Waals surface area (Å²) in [6, 6.07) is 0.194. The van der Waals surface area contributed by atoms with Crippen LogP contribution in [0.5, 0.6) is 0 Å². The van der Waals surface area contributed by atoms with Crippen LogP contribution in [-0.2, 0) is 11.3 Å². The molecule has 0 amide bonds. The van der Waals surface area contributed by atoms with Crippen LogP contribution in [0.3, 0.4) is 0 Å². The lowest BCUT2D eigenvalue weighted by atomic mass is 10.2. The van der Waals surface area contributed by atoms with Crippen LogP contribution >= 0.6 is 11.3 Å². The monoisotopic (exact) mass is 283 g/mol. The van der Waals surface area contributed by atoms with Crippen molar-refractivity contribution in [2.24, 2.45) is 0 Å². The Bertz CT molecular complexity index is 387. The second kappa shape index (κ2) is 6.28. The van der Waals surface area contributed by atoms with Crippen molar-refractivity contribution >= 4 is 11.3 Å². The number of nitrogens with zero attached hydrogens (tertiary/aromatic N) is 3. The Kier molecular flexibility index (Phi) is 4.45. The average Bonchev–Trinajstić information content (AvgIpc) is 2.99. The first-order valence-electron chi connectivity index (χ1n) is 6.93. The van der Waals surface area contributed by atoms with Crippen molar-refractivity contribution in [2.45, 2.75) is 25.1 Å². The van der Waals surface area contributed by atoms with E-state index in [1.54, 1.807) is 11.3 Å². The van der Waals surface area contributed by atoms with Gasteiger partial charge in [-0.3, -0.25) is 9.80 Å². The van der Waals surface area contributed by atoms with Gasteiger partial charge in [-0.1, -0.05) is 0 Å². The zero-order valence-electron chi connectivity index (χ0n) is 11.1. The normalized spacial score (nSPS) is 30.6. The third kappa shape index (κ3) is 3.32. The summed E-state index contributed by atoms with van der Waals surface area (Å²) in [5, 5.41) is 13.1. The first kappa shape index (κ1) is 13.5. The van der Waals surface area contributed by atoms with E-state index in [-0.39, 0.29) is 12.1 Å². The summed E-state index contributed by atoms with van der Waals surface area (Å²) in [6.07, 6.45) is 2.70. The summed E-state index contributed by atoms with van der Waals surface area (Å²) >= 11 is 1.72. The summed E-state index contributed by atoms with van der Waals surface area (Å²) in [7, 11) is 0. The van der Waals surface area contributed by atoms with E-state index in [2.05, 4.69) is 14.8 Å². The minimum absolute atomic E-state index is 0.194. The number of hydrogen-bond acceptors (Lipinski definition) is 6. The van der Waals surface area contributed by atoms with Crippen molar-refractivity contribution in [3.8, 4) is 0 Å². The molecule has 6 heteroatoms. The number of rotatable bonds is 3. The molecular formula is C13H21N3O2S. The van der Waals surface area contributed by atoms with E-state index in [4.69, 9.17) is 4.74 Å². The van der Waals surface area contributed by atoms with Gasteiger partial charge in [-0.05, 0) is 19.5 Å². The third-order valence-corrected chi connectivity index (χ3v) is 4.72. The van der Waals surface area contributed by atoms with Crippen molar-refractivity contribution in [3.05, 3.63) is 16.6 Å². The number of aliphatic hydroxyl groups excluding tert-OH is 1. The number of aliphatic hydroxyl groups is 1. The van der Waals surface area contributed by atoms with Gasteiger partial charge in [0, 0.05) is 24.7 Å². The summed E-state index contributed by atoms with van der Waals surface area (Å²) in [5.74, 6) is 0. The highest BCUT2D eigenvalue weighted by Gasteiger charge is 2.32. The molecule has 5 nitrogen and oxygen atoms in total. The van der Waals surface area contributed by atoms with E-state index in [1.807, 2.05) is 11.6 Å². The van der Waals surface area contributed by atoms with Gasteiger partial charge in [-0.25, -0.2) is 4.98 Å². The fourth-order valence-electron chi connectivity index (χ4n) is 2.88. The molecule has 3 heterocycles. The summed E-state index contributed by atoms with van der Waals surface area (Å²) in [6.45, 7) is 6.34. The molecule has 0 aliphatic carbocycles. The highest BCUT2D eigenvalue weighted by Crippen LogP contribution is 2.17. The fourth-order valence-corrected chi connectivity index (χ4v) is 3.54. The van der Waals surface area contributed by atoms with E-state index in [0.717, 1.165) is 39.1 Å². The molecule has 0 unspecified atom stereocenters. The Morgan fingerprint density at radius 2 is 2.26 bits per heavy atom. The van der Waals surface area contributed by atoms with E-state index >= 15 is 0 Å².